The Balaban J connectivity index is 1.65. The molecule has 1 aliphatic carbocycles. The maximum absolute atomic E-state index is 13.6. The van der Waals surface area contributed by atoms with E-state index in [1.54, 1.807) is 18.2 Å². The Morgan fingerprint density at radius 1 is 1.12 bits per heavy atom. The van der Waals surface area contributed by atoms with Crippen LogP contribution >= 0.6 is 23.2 Å². The van der Waals surface area contributed by atoms with Gasteiger partial charge in [0.2, 0.25) is 0 Å². The second-order valence-corrected chi connectivity index (χ2v) is 10.6. The first-order valence-corrected chi connectivity index (χ1v) is 12.4. The first-order chi connectivity index (χ1) is 16.2. The minimum absolute atomic E-state index is 0.0448. The van der Waals surface area contributed by atoms with Crippen LogP contribution in [0.25, 0.3) is 5.69 Å². The molecule has 34 heavy (non-hydrogen) atoms. The molecule has 182 valence electrons. The van der Waals surface area contributed by atoms with Crippen LogP contribution in [-0.4, -0.2) is 55.7 Å². The number of nitrogens with one attached hydrogen (secondary N) is 2. The molecular weight excluding hydrogens is 477 g/mol. The molecule has 4 rings (SSSR count). The number of quaternary nitrogens is 1. The standard InChI is InChI=1S/C25H29Cl2N3O4/c1-25(2)14-21-17(22(31)15-25)13-18(23(32)28-6-3-7-29-8-10-34-11-9-29)24(33)30(21)16-4-5-19(26)20(27)12-16/h4-5,12-13H,3,6-11,14-15H2,1-2H3,(H,28,32)/p+1. The molecule has 0 spiro atoms. The van der Waals surface area contributed by atoms with Crippen molar-refractivity contribution >= 4 is 34.9 Å². The van der Waals surface area contributed by atoms with Crippen LogP contribution in [0.15, 0.2) is 29.1 Å². The Morgan fingerprint density at radius 3 is 2.56 bits per heavy atom. The minimum atomic E-state index is -0.476. The normalized spacial score (nSPS) is 17.9. The number of morpholine rings is 1. The highest BCUT2D eigenvalue weighted by Crippen LogP contribution is 2.36. The number of rotatable bonds is 6. The Labute approximate surface area is 209 Å². The fourth-order valence-corrected chi connectivity index (χ4v) is 5.01. The van der Waals surface area contributed by atoms with Gasteiger partial charge in [0.15, 0.2) is 5.78 Å². The third-order valence-electron chi connectivity index (χ3n) is 6.49. The predicted molar refractivity (Wildman–Crippen MR) is 132 cm³/mol. The SMILES string of the molecule is CC1(C)CC(=O)c2cc(C(=O)NCCC[NH+]3CCOCC3)c(=O)n(-c3ccc(Cl)c(Cl)c3)c2C1. The van der Waals surface area contributed by atoms with Gasteiger partial charge < -0.3 is 15.0 Å². The second kappa shape index (κ2) is 10.2. The molecule has 0 atom stereocenters. The van der Waals surface area contributed by atoms with Crippen LogP contribution in [0.5, 0.6) is 0 Å². The van der Waals surface area contributed by atoms with Crippen LogP contribution in [0, 0.1) is 5.41 Å². The number of hydrogen-bond acceptors (Lipinski definition) is 4. The van der Waals surface area contributed by atoms with Crippen LogP contribution < -0.4 is 15.8 Å². The predicted octanol–water partition coefficient (Wildman–Crippen LogP) is 2.33. The van der Waals surface area contributed by atoms with Crippen molar-refractivity contribution in [2.24, 2.45) is 5.41 Å². The zero-order chi connectivity index (χ0) is 24.5. The summed E-state index contributed by atoms with van der Waals surface area (Å²) in [4.78, 5) is 41.1. The monoisotopic (exact) mass is 506 g/mol. The van der Waals surface area contributed by atoms with E-state index in [9.17, 15) is 14.4 Å². The number of halogens is 2. The number of hydrogen-bond donors (Lipinski definition) is 2. The number of Topliss-reactive ketones (excluding diaryl/α,β-unsaturated/α-hetero) is 1. The summed E-state index contributed by atoms with van der Waals surface area (Å²) in [7, 11) is 0. The smallest absolute Gasteiger partial charge is 0.268 e. The number of nitrogens with zero attached hydrogens (tertiary/aromatic N) is 1. The van der Waals surface area contributed by atoms with Gasteiger partial charge in [0.1, 0.15) is 18.7 Å². The van der Waals surface area contributed by atoms with E-state index in [1.807, 2.05) is 13.8 Å². The average Bonchev–Trinajstić information content (AvgIpc) is 2.78. The van der Waals surface area contributed by atoms with Crippen LogP contribution in [0.2, 0.25) is 10.0 Å². The zero-order valence-corrected chi connectivity index (χ0v) is 21.0. The molecule has 0 bridgehead atoms. The van der Waals surface area contributed by atoms with Crippen LogP contribution in [0.4, 0.5) is 0 Å². The number of benzene rings is 1. The molecule has 1 aromatic carbocycles. The van der Waals surface area contributed by atoms with Crippen molar-refractivity contribution in [3.63, 3.8) is 0 Å². The average molecular weight is 507 g/mol. The van der Waals surface area contributed by atoms with Crippen molar-refractivity contribution in [3.05, 3.63) is 61.5 Å². The van der Waals surface area contributed by atoms with Gasteiger partial charge in [0.05, 0.1) is 35.5 Å². The third kappa shape index (κ3) is 5.38. The van der Waals surface area contributed by atoms with Crippen molar-refractivity contribution in [1.29, 1.82) is 0 Å². The topological polar surface area (TPSA) is 81.8 Å². The van der Waals surface area contributed by atoms with E-state index in [0.717, 1.165) is 39.3 Å². The molecular formula is C25H30Cl2N3O4+. The van der Waals surface area contributed by atoms with Crippen LogP contribution in [0.3, 0.4) is 0 Å². The largest absolute Gasteiger partial charge is 0.370 e. The van der Waals surface area contributed by atoms with Crippen molar-refractivity contribution in [3.8, 4) is 5.69 Å². The molecule has 1 saturated heterocycles. The summed E-state index contributed by atoms with van der Waals surface area (Å²) >= 11 is 12.3. The maximum Gasteiger partial charge on any atom is 0.268 e. The van der Waals surface area contributed by atoms with E-state index in [1.165, 1.54) is 15.5 Å². The van der Waals surface area contributed by atoms with E-state index in [0.29, 0.717) is 46.4 Å². The van der Waals surface area contributed by atoms with Crippen molar-refractivity contribution in [2.45, 2.75) is 33.1 Å². The molecule has 2 heterocycles. The van der Waals surface area contributed by atoms with E-state index < -0.39 is 11.5 Å². The minimum Gasteiger partial charge on any atom is -0.370 e. The van der Waals surface area contributed by atoms with Crippen molar-refractivity contribution in [2.75, 3.05) is 39.4 Å². The second-order valence-electron chi connectivity index (χ2n) is 9.82. The lowest BCUT2D eigenvalue weighted by Crippen LogP contribution is -3.14. The molecule has 2 aliphatic rings. The number of ether oxygens (including phenoxy) is 1. The van der Waals surface area contributed by atoms with Gasteiger partial charge in [0.25, 0.3) is 11.5 Å². The first kappa shape index (κ1) is 24.9. The molecule has 1 aliphatic heterocycles. The van der Waals surface area contributed by atoms with E-state index in [-0.39, 0.29) is 16.8 Å². The number of pyridine rings is 1. The molecule has 9 heteroatoms. The molecule has 0 saturated carbocycles. The van der Waals surface area contributed by atoms with Gasteiger partial charge in [-0.25, -0.2) is 0 Å². The van der Waals surface area contributed by atoms with E-state index >= 15 is 0 Å². The molecule has 1 amide bonds. The van der Waals surface area contributed by atoms with E-state index in [4.69, 9.17) is 27.9 Å². The number of aromatic nitrogens is 1. The lowest BCUT2D eigenvalue weighted by Gasteiger charge is -2.32. The Kier molecular flexibility index (Phi) is 7.48. The van der Waals surface area contributed by atoms with Gasteiger partial charge in [-0.15, -0.1) is 0 Å². The maximum atomic E-state index is 13.6. The van der Waals surface area contributed by atoms with Crippen LogP contribution in [0.1, 0.15) is 53.1 Å². The molecule has 0 radical (unpaired) electrons. The third-order valence-corrected chi connectivity index (χ3v) is 7.23. The number of ketones is 1. The fraction of sp³-hybridized carbons (Fsp3) is 0.480. The van der Waals surface area contributed by atoms with Crippen molar-refractivity contribution < 1.29 is 19.2 Å². The summed E-state index contributed by atoms with van der Waals surface area (Å²) in [6.07, 6.45) is 1.66. The highest BCUT2D eigenvalue weighted by molar-refractivity contribution is 6.42. The summed E-state index contributed by atoms with van der Waals surface area (Å²) in [5.74, 6) is -0.554. The molecule has 1 fully saturated rings. The van der Waals surface area contributed by atoms with Gasteiger partial charge in [-0.3, -0.25) is 19.0 Å². The number of amides is 1. The summed E-state index contributed by atoms with van der Waals surface area (Å²) in [5, 5.41) is 3.52. The van der Waals surface area contributed by atoms with Crippen LogP contribution in [-0.2, 0) is 11.2 Å². The molecule has 2 N–H and O–H groups in total. The van der Waals surface area contributed by atoms with Crippen molar-refractivity contribution in [1.82, 2.24) is 9.88 Å². The number of fused-ring (bicyclic) bond motifs is 1. The fourth-order valence-electron chi connectivity index (χ4n) is 4.72. The number of carbonyl (C=O) groups is 2. The molecule has 2 aromatic rings. The Morgan fingerprint density at radius 2 is 1.85 bits per heavy atom. The van der Waals surface area contributed by atoms with Gasteiger partial charge in [-0.05, 0) is 36.1 Å². The summed E-state index contributed by atoms with van der Waals surface area (Å²) in [6.45, 7) is 8.81. The van der Waals surface area contributed by atoms with Gasteiger partial charge >= 0.3 is 0 Å². The quantitative estimate of drug-likeness (QED) is 0.589. The van der Waals surface area contributed by atoms with Gasteiger partial charge in [-0.2, -0.15) is 0 Å². The number of carbonyl (C=O) groups excluding carboxylic acids is 2. The summed E-state index contributed by atoms with van der Waals surface area (Å²) in [6, 6.07) is 6.33. The molecule has 0 unspecified atom stereocenters. The highest BCUT2D eigenvalue weighted by atomic mass is 35.5. The molecule has 7 nitrogen and oxygen atoms in total. The summed E-state index contributed by atoms with van der Waals surface area (Å²) in [5.41, 5.74) is 0.660. The van der Waals surface area contributed by atoms with Gasteiger partial charge in [0, 0.05) is 30.6 Å². The van der Waals surface area contributed by atoms with E-state index in [2.05, 4.69) is 5.32 Å². The van der Waals surface area contributed by atoms with Gasteiger partial charge in [-0.1, -0.05) is 37.0 Å². The zero-order valence-electron chi connectivity index (χ0n) is 19.5. The highest BCUT2D eigenvalue weighted by Gasteiger charge is 2.35. The molecule has 1 aromatic heterocycles. The Bertz CT molecular complexity index is 1170. The lowest BCUT2D eigenvalue weighted by molar-refractivity contribution is -0.908. The lowest BCUT2D eigenvalue weighted by atomic mass is 9.75. The summed E-state index contributed by atoms with van der Waals surface area (Å²) < 4.78 is 6.82. The first-order valence-electron chi connectivity index (χ1n) is 11.6. The Hall–Kier alpha value is -2.19.